The zero-order valence-corrected chi connectivity index (χ0v) is 23.9. The van der Waals surface area contributed by atoms with E-state index in [9.17, 15) is 37.2 Å². The lowest BCUT2D eigenvalue weighted by molar-refractivity contribution is -0.137. The van der Waals surface area contributed by atoms with E-state index in [1.54, 1.807) is 6.92 Å². The molecule has 0 bridgehead atoms. The summed E-state index contributed by atoms with van der Waals surface area (Å²) in [6.45, 7) is 5.56. The quantitative estimate of drug-likeness (QED) is 0.377. The van der Waals surface area contributed by atoms with Crippen LogP contribution in [0.15, 0.2) is 48.5 Å². The van der Waals surface area contributed by atoms with Gasteiger partial charge in [0.05, 0.1) is 11.6 Å². The molecule has 0 radical (unpaired) electrons. The van der Waals surface area contributed by atoms with Crippen molar-refractivity contribution in [3.63, 3.8) is 0 Å². The minimum atomic E-state index is -4.70. The van der Waals surface area contributed by atoms with Crippen molar-refractivity contribution in [1.82, 2.24) is 20.0 Å². The second-order valence-corrected chi connectivity index (χ2v) is 10.2. The van der Waals surface area contributed by atoms with Crippen LogP contribution >= 0.6 is 0 Å². The number of rotatable bonds is 8. The molecule has 3 aromatic rings. The molecule has 1 aliphatic heterocycles. The number of aryl methyl sites for hydroxylation is 1. The van der Waals surface area contributed by atoms with Crippen LogP contribution in [0.5, 0.6) is 0 Å². The van der Waals surface area contributed by atoms with Gasteiger partial charge in [-0.15, -0.1) is 0 Å². The third-order valence-corrected chi connectivity index (χ3v) is 7.40. The maximum Gasteiger partial charge on any atom is 0.416 e. The maximum atomic E-state index is 14.1. The zero-order chi connectivity index (χ0) is 31.6. The van der Waals surface area contributed by atoms with E-state index in [4.69, 9.17) is 0 Å². The van der Waals surface area contributed by atoms with E-state index >= 15 is 0 Å². The number of nitriles is 1. The number of aromatic nitrogens is 2. The molecule has 3 amide bonds. The van der Waals surface area contributed by atoms with Gasteiger partial charge >= 0.3 is 6.18 Å². The molecule has 1 aromatic heterocycles. The molecule has 0 aliphatic carbocycles. The number of nitrogens with zero attached hydrogens (tertiary/aromatic N) is 5. The number of hydrogen-bond acceptors (Lipinski definition) is 5. The van der Waals surface area contributed by atoms with Gasteiger partial charge in [0.2, 0.25) is 0 Å². The highest BCUT2D eigenvalue weighted by atomic mass is 19.4. The molecule has 1 unspecified atom stereocenters. The van der Waals surface area contributed by atoms with Gasteiger partial charge in [0.1, 0.15) is 23.7 Å². The van der Waals surface area contributed by atoms with Gasteiger partial charge in [-0.1, -0.05) is 25.1 Å². The number of nitrogens with one attached hydrogen (secondary N) is 1. The number of anilines is 1. The fraction of sp³-hybridized carbons (Fsp3) is 0.367. The van der Waals surface area contributed by atoms with Crippen molar-refractivity contribution in [1.29, 1.82) is 5.26 Å². The summed E-state index contributed by atoms with van der Waals surface area (Å²) in [5.74, 6) is -3.46. The Hall–Kier alpha value is -4.73. The molecule has 3 atom stereocenters. The molecule has 0 saturated heterocycles. The molecular formula is C30H30F4N6O3. The highest BCUT2D eigenvalue weighted by Gasteiger charge is 2.47. The molecule has 9 nitrogen and oxygen atoms in total. The third kappa shape index (κ3) is 5.95. The van der Waals surface area contributed by atoms with Gasteiger partial charge in [-0.3, -0.25) is 19.3 Å². The Balaban J connectivity index is 1.94. The van der Waals surface area contributed by atoms with Crippen LogP contribution in [0.4, 0.5) is 23.4 Å². The number of benzene rings is 2. The van der Waals surface area contributed by atoms with Crippen LogP contribution in [0.3, 0.4) is 0 Å². The number of amides is 3. The number of halogens is 4. The Morgan fingerprint density at radius 1 is 1.16 bits per heavy atom. The largest absolute Gasteiger partial charge is 0.416 e. The van der Waals surface area contributed by atoms with Crippen molar-refractivity contribution in [2.75, 3.05) is 18.5 Å². The average Bonchev–Trinajstić information content (AvgIpc) is 3.35. The van der Waals surface area contributed by atoms with Crippen LogP contribution in [-0.2, 0) is 17.5 Å². The van der Waals surface area contributed by atoms with E-state index in [-0.39, 0.29) is 23.4 Å². The van der Waals surface area contributed by atoms with Gasteiger partial charge in [0, 0.05) is 37.2 Å². The molecule has 0 saturated carbocycles. The molecule has 2 heterocycles. The predicted molar refractivity (Wildman–Crippen MR) is 149 cm³/mol. The van der Waals surface area contributed by atoms with E-state index < -0.39 is 53.3 Å². The second-order valence-electron chi connectivity index (χ2n) is 10.2. The smallest absolute Gasteiger partial charge is 0.339 e. The number of hydrogen-bond donors (Lipinski definition) is 1. The molecular weight excluding hydrogens is 568 g/mol. The van der Waals surface area contributed by atoms with Crippen LogP contribution in [-0.4, -0.2) is 58.1 Å². The van der Waals surface area contributed by atoms with Crippen LogP contribution < -0.4 is 10.2 Å². The summed E-state index contributed by atoms with van der Waals surface area (Å²) in [5, 5.41) is 16.6. The first kappa shape index (κ1) is 31.2. The molecule has 2 aromatic carbocycles. The van der Waals surface area contributed by atoms with Gasteiger partial charge in [-0.2, -0.15) is 23.5 Å². The first-order chi connectivity index (χ1) is 20.3. The normalized spacial score (nSPS) is 17.2. The number of carbonyl (C=O) groups is 3. The van der Waals surface area contributed by atoms with Crippen molar-refractivity contribution in [2.45, 2.75) is 57.9 Å². The molecule has 1 N–H and O–H groups in total. The summed E-state index contributed by atoms with van der Waals surface area (Å²) in [6, 6.07) is 8.73. The van der Waals surface area contributed by atoms with Crippen molar-refractivity contribution in [3.05, 3.63) is 82.3 Å². The van der Waals surface area contributed by atoms with Crippen molar-refractivity contribution >= 4 is 23.5 Å². The van der Waals surface area contributed by atoms with Crippen molar-refractivity contribution < 1.29 is 31.9 Å². The van der Waals surface area contributed by atoms with Gasteiger partial charge < -0.3 is 10.2 Å². The minimum absolute atomic E-state index is 0.0633. The first-order valence-electron chi connectivity index (χ1n) is 13.7. The summed E-state index contributed by atoms with van der Waals surface area (Å²) in [5.41, 5.74) is -0.785. The Morgan fingerprint density at radius 2 is 1.84 bits per heavy atom. The third-order valence-electron chi connectivity index (χ3n) is 7.40. The van der Waals surface area contributed by atoms with Crippen LogP contribution in [0.25, 0.3) is 0 Å². The molecule has 43 heavy (non-hydrogen) atoms. The summed E-state index contributed by atoms with van der Waals surface area (Å²) >= 11 is 0. The SMILES string of the molecule is CCCn1nc(C(=O)N(C)C(C)C#N)c2c1N(CC)C(=O)[C@@H](NC(=O)c1cccc(C(F)(F)F)c1)[C@H]2c1ccc(F)cc1. The van der Waals surface area contributed by atoms with Gasteiger partial charge in [-0.05, 0) is 56.2 Å². The first-order valence-corrected chi connectivity index (χ1v) is 13.7. The van der Waals surface area contributed by atoms with E-state index in [1.165, 1.54) is 58.8 Å². The molecule has 0 spiro atoms. The summed E-state index contributed by atoms with van der Waals surface area (Å²) < 4.78 is 55.7. The second kappa shape index (κ2) is 12.2. The predicted octanol–water partition coefficient (Wildman–Crippen LogP) is 4.73. The van der Waals surface area contributed by atoms with Gasteiger partial charge in [0.15, 0.2) is 5.69 Å². The minimum Gasteiger partial charge on any atom is -0.339 e. The molecule has 4 rings (SSSR count). The van der Waals surface area contributed by atoms with Crippen molar-refractivity contribution in [2.24, 2.45) is 0 Å². The lowest BCUT2D eigenvalue weighted by Gasteiger charge is -2.38. The van der Waals surface area contributed by atoms with Crippen LogP contribution in [0.1, 0.15) is 70.6 Å². The molecule has 226 valence electrons. The standard InChI is InChI=1S/C30H30F4N6O3/c1-5-14-40-27-23(25(37-40)28(42)38(4)17(3)16-35)22(18-10-12-21(31)13-11-18)24(29(43)39(27)6-2)36-26(41)19-8-7-9-20(15-19)30(32,33)34/h7-13,15,17,22,24H,5-6,14H2,1-4H3,(H,36,41)/t17?,22-,24-/m0/s1. The molecule has 13 heteroatoms. The fourth-order valence-electron chi connectivity index (χ4n) is 5.12. The number of alkyl halides is 3. The number of fused-ring (bicyclic) bond motifs is 1. The Bertz CT molecular complexity index is 1580. The van der Waals surface area contributed by atoms with Crippen LogP contribution in [0.2, 0.25) is 0 Å². The lowest BCUT2D eigenvalue weighted by atomic mass is 9.80. The molecule has 1 aliphatic rings. The average molecular weight is 599 g/mol. The maximum absolute atomic E-state index is 14.1. The Kier molecular flexibility index (Phi) is 8.89. The lowest BCUT2D eigenvalue weighted by Crippen LogP contribution is -2.55. The Morgan fingerprint density at radius 3 is 2.42 bits per heavy atom. The summed E-state index contributed by atoms with van der Waals surface area (Å²) in [7, 11) is 1.44. The topological polar surface area (TPSA) is 111 Å². The van der Waals surface area contributed by atoms with E-state index in [1.807, 2.05) is 13.0 Å². The van der Waals surface area contributed by atoms with Gasteiger partial charge in [0.25, 0.3) is 17.7 Å². The van der Waals surface area contributed by atoms with Crippen molar-refractivity contribution in [3.8, 4) is 6.07 Å². The number of likely N-dealkylation sites (N-methyl/N-ethyl adjacent to an activating group) is 1. The van der Waals surface area contributed by atoms with E-state index in [2.05, 4.69) is 10.4 Å². The van der Waals surface area contributed by atoms with Crippen LogP contribution in [0, 0.1) is 17.1 Å². The highest BCUT2D eigenvalue weighted by molar-refractivity contribution is 6.07. The Labute approximate surface area is 245 Å². The fourth-order valence-corrected chi connectivity index (χ4v) is 5.12. The van der Waals surface area contributed by atoms with Gasteiger partial charge in [-0.25, -0.2) is 9.07 Å². The van der Waals surface area contributed by atoms with E-state index in [0.29, 0.717) is 30.4 Å². The molecule has 0 fully saturated rings. The van der Waals surface area contributed by atoms with E-state index in [0.717, 1.165) is 12.1 Å². The highest BCUT2D eigenvalue weighted by Crippen LogP contribution is 2.43. The monoisotopic (exact) mass is 598 g/mol. The summed E-state index contributed by atoms with van der Waals surface area (Å²) in [6.07, 6.45) is -4.11. The summed E-state index contributed by atoms with van der Waals surface area (Å²) in [4.78, 5) is 43.8. The zero-order valence-electron chi connectivity index (χ0n) is 23.9. The number of carbonyl (C=O) groups excluding carboxylic acids is 3.